The van der Waals surface area contributed by atoms with Crippen LogP contribution in [0.15, 0.2) is 97.2 Å². The molecule has 4 bridgehead atoms. The number of unbranched alkanes of at least 4 members (excludes halogenated alkanes) is 2. The van der Waals surface area contributed by atoms with Crippen molar-refractivity contribution in [3.63, 3.8) is 0 Å². The molecular weight excluding hydrogens is 1440 g/mol. The lowest BCUT2D eigenvalue weighted by atomic mass is 9.39. The largest absolute Gasteiger partial charge is 0.476 e. The molecule has 3 aromatic heterocycles. The van der Waals surface area contributed by atoms with Crippen molar-refractivity contribution >= 4 is 102 Å². The number of fused-ring (bicyclic) bond motifs is 2. The highest BCUT2D eigenvalue weighted by atomic mass is 32.2. The molecule has 4 saturated carbocycles. The Morgan fingerprint density at radius 2 is 1.55 bits per heavy atom. The molecule has 5 fully saturated rings. The Hall–Kier alpha value is -9.49. The van der Waals surface area contributed by atoms with Crippen LogP contribution in [0, 0.1) is 35.0 Å². The van der Waals surface area contributed by atoms with Crippen LogP contribution in [0.1, 0.15) is 167 Å². The number of imide groups is 1. The van der Waals surface area contributed by atoms with E-state index in [1.54, 1.807) is 55.3 Å². The zero-order chi connectivity index (χ0) is 77.6. The number of benzene rings is 3. The van der Waals surface area contributed by atoms with Crippen molar-refractivity contribution in [3.05, 3.63) is 131 Å². The number of amides is 8. The molecule has 30 heteroatoms. The minimum atomic E-state index is -4.32. The number of carbonyl (C=O) groups excluding carboxylic acids is 8. The summed E-state index contributed by atoms with van der Waals surface area (Å²) < 4.78 is 50.5. The van der Waals surface area contributed by atoms with Crippen LogP contribution in [-0.2, 0) is 69.7 Å². The number of para-hydroxylation sites is 1. The standard InChI is InChI=1S/C79H99N13O15S2/c1-50(2)68(86-65(94)18-7-6-10-31-91-66(95)25-26-67(91)96)62(93)39-54(14-12-30-81-73(80)101)70(97)83-55-21-19-52(20-22-55)42-106-75(102)89-33-28-56(29-34-89)88(36-38-109(103,104)105)35-37-107-79-46-76(4)43-77(5,47-79)45-78(44-76,48-79)49-92-51(3)59(40-82-92)57-23-24-64(85-69(57)72(99)100)90-32-27-53-13-11-15-58(60(53)41-90)71(98)87-74-84-61-16-8-9-17-63(61)108-74/h8-9,11,13,15-17,19-26,40,50,54,56,68H,6-7,10,12,14,18,27-39,41-49H2,1-5H3,(H,83,97)(H,86,94)(H,99,100)(H3,80,81,101)(H,84,87,98)(H,103,104,105)/t54-,68+,76?,77?,78?,79?/m1/s1. The first-order valence-electron chi connectivity index (χ1n) is 37.8. The molecule has 3 aliphatic heterocycles. The molecule has 6 aromatic rings. The first-order valence-corrected chi connectivity index (χ1v) is 40.2. The van der Waals surface area contributed by atoms with Crippen LogP contribution < -0.4 is 31.9 Å². The van der Waals surface area contributed by atoms with Crippen molar-refractivity contribution in [1.29, 1.82) is 0 Å². The molecule has 1 saturated heterocycles. The zero-order valence-electron chi connectivity index (χ0n) is 62.5. The number of primary amides is 1. The van der Waals surface area contributed by atoms with Crippen LogP contribution in [0.5, 0.6) is 0 Å². The summed E-state index contributed by atoms with van der Waals surface area (Å²) in [5, 5.41) is 27.5. The number of hydrogen-bond acceptors (Lipinski definition) is 19. The summed E-state index contributed by atoms with van der Waals surface area (Å²) in [5.74, 6) is -4.41. The molecule has 582 valence electrons. The number of carboxylic acids is 1. The number of carbonyl (C=O) groups is 9. The third-order valence-electron chi connectivity index (χ3n) is 22.6. The maximum absolute atomic E-state index is 13.9. The second-order valence-corrected chi connectivity index (χ2v) is 34.4. The average molecular weight is 1530 g/mol. The van der Waals surface area contributed by atoms with Crippen molar-refractivity contribution in [1.82, 2.24) is 45.1 Å². The molecule has 8 N–H and O–H groups in total. The fraction of sp³-hybridized carbons (Fsp3) is 0.519. The summed E-state index contributed by atoms with van der Waals surface area (Å²) in [6, 6.07) is 22.1. The molecule has 3 aromatic carbocycles. The van der Waals surface area contributed by atoms with E-state index in [0.29, 0.717) is 130 Å². The smallest absolute Gasteiger partial charge is 0.410 e. The Balaban J connectivity index is 0.626. The molecule has 28 nitrogen and oxygen atoms in total. The summed E-state index contributed by atoms with van der Waals surface area (Å²) >= 11 is 1.41. The summed E-state index contributed by atoms with van der Waals surface area (Å²) in [4.78, 5) is 133. The fourth-order valence-corrected chi connectivity index (χ4v) is 19.9. The number of anilines is 3. The van der Waals surface area contributed by atoms with Gasteiger partial charge in [0.25, 0.3) is 27.8 Å². The van der Waals surface area contributed by atoms with Gasteiger partial charge >= 0.3 is 18.1 Å². The van der Waals surface area contributed by atoms with Gasteiger partial charge in [0.15, 0.2) is 16.6 Å². The SMILES string of the molecule is Cc1c(-c2ccc(N3CCc4cccc(C(=O)Nc5nc6ccccc6s5)c4C3)nc2C(=O)O)cnn1CC12CC3(C)CC(C)(C1)CC(OCCN(CCS(=O)(=O)O)C1CCN(C(=O)OCc4ccc(NC(=O)[C@H](CCCNC(N)=O)CC(=O)[C@@H](NC(=O)CCCCCN5C(=O)C=CC5=O)C(C)C)cc4)CC1)(C3)C2. The molecule has 13 rings (SSSR count). The van der Waals surface area contributed by atoms with Gasteiger partial charge < -0.3 is 46.1 Å². The highest BCUT2D eigenvalue weighted by Crippen LogP contribution is 2.72. The van der Waals surface area contributed by atoms with E-state index >= 15 is 0 Å². The van der Waals surface area contributed by atoms with E-state index in [9.17, 15) is 61.2 Å². The summed E-state index contributed by atoms with van der Waals surface area (Å²) in [5.41, 5.74) is 10.6. The van der Waals surface area contributed by atoms with E-state index < -0.39 is 57.4 Å². The van der Waals surface area contributed by atoms with Gasteiger partial charge in [-0.1, -0.05) is 81.9 Å². The maximum Gasteiger partial charge on any atom is 0.410 e. The third-order valence-corrected chi connectivity index (χ3v) is 24.2. The summed E-state index contributed by atoms with van der Waals surface area (Å²) in [6.45, 7) is 13.6. The van der Waals surface area contributed by atoms with Crippen LogP contribution in [0.2, 0.25) is 0 Å². The van der Waals surface area contributed by atoms with Crippen LogP contribution >= 0.6 is 11.3 Å². The third kappa shape index (κ3) is 19.4. The number of nitrogens with one attached hydrogen (secondary N) is 4. The first kappa shape index (κ1) is 79.1. The second-order valence-electron chi connectivity index (χ2n) is 31.8. The number of carboxylic acid groups (broad SMARTS) is 1. The number of aromatic nitrogens is 4. The van der Waals surface area contributed by atoms with Crippen molar-refractivity contribution < 1.29 is 70.7 Å². The highest BCUT2D eigenvalue weighted by Gasteiger charge is 2.66. The first-order chi connectivity index (χ1) is 51.9. The van der Waals surface area contributed by atoms with Crippen LogP contribution in [0.25, 0.3) is 21.3 Å². The highest BCUT2D eigenvalue weighted by molar-refractivity contribution is 7.85. The monoisotopic (exact) mass is 1530 g/mol. The number of thiazole rings is 1. The van der Waals surface area contributed by atoms with E-state index in [1.807, 2.05) is 65.0 Å². The summed E-state index contributed by atoms with van der Waals surface area (Å²) in [7, 11) is -4.32. The Bertz CT molecular complexity index is 4520. The predicted molar refractivity (Wildman–Crippen MR) is 410 cm³/mol. The molecule has 7 aliphatic rings. The number of ketones is 1. The number of nitrogens with two attached hydrogens (primary N) is 1. The van der Waals surface area contributed by atoms with Gasteiger partial charge in [0.2, 0.25) is 11.8 Å². The van der Waals surface area contributed by atoms with Gasteiger partial charge in [0, 0.05) is 124 Å². The maximum atomic E-state index is 13.9. The molecule has 4 aliphatic carbocycles. The quantitative estimate of drug-likeness (QED) is 0.0112. The van der Waals surface area contributed by atoms with Gasteiger partial charge in [0.1, 0.15) is 12.4 Å². The molecule has 0 radical (unpaired) electrons. The number of hydrogen-bond donors (Lipinski definition) is 7. The lowest BCUT2D eigenvalue weighted by Gasteiger charge is -2.69. The molecule has 0 spiro atoms. The number of pyridine rings is 1. The van der Waals surface area contributed by atoms with Gasteiger partial charge in [0.05, 0.1) is 40.4 Å². The number of piperidine rings is 1. The minimum absolute atomic E-state index is 0.0370. The molecule has 109 heavy (non-hydrogen) atoms. The Kier molecular flexibility index (Phi) is 24.2. The fourth-order valence-electron chi connectivity index (χ4n) is 18.6. The van der Waals surface area contributed by atoms with E-state index in [1.165, 1.54) is 23.5 Å². The average Bonchev–Trinajstić information content (AvgIpc) is 1.24. The van der Waals surface area contributed by atoms with Gasteiger partial charge in [-0.15, -0.1) is 0 Å². The molecule has 2 unspecified atom stereocenters. The number of rotatable bonds is 34. The minimum Gasteiger partial charge on any atom is -0.476 e. The molecular formula is C79H99N13O15S2. The van der Waals surface area contributed by atoms with Crippen LogP contribution in [-0.4, -0.2) is 182 Å². The van der Waals surface area contributed by atoms with E-state index in [0.717, 1.165) is 70.5 Å². The lowest BCUT2D eigenvalue weighted by molar-refractivity contribution is -0.249. The van der Waals surface area contributed by atoms with Crippen molar-refractivity contribution in [2.24, 2.45) is 33.8 Å². The Labute approximate surface area is 638 Å². The molecule has 8 amide bonds. The predicted octanol–water partition coefficient (Wildman–Crippen LogP) is 10.1. The van der Waals surface area contributed by atoms with Gasteiger partial charge in [-0.3, -0.25) is 53.1 Å². The summed E-state index contributed by atoms with van der Waals surface area (Å²) in [6.07, 6.45) is 12.8. The molecule has 4 atom stereocenters. The number of nitrogens with zero attached hydrogens (tertiary/aromatic N) is 8. The van der Waals surface area contributed by atoms with Crippen LogP contribution in [0.4, 0.5) is 26.2 Å². The van der Waals surface area contributed by atoms with E-state index in [4.69, 9.17) is 25.3 Å². The Morgan fingerprint density at radius 3 is 2.25 bits per heavy atom. The van der Waals surface area contributed by atoms with E-state index in [-0.39, 0.29) is 109 Å². The normalized spacial score (nSPS) is 21.6. The lowest BCUT2D eigenvalue weighted by Crippen LogP contribution is -2.64. The number of aromatic carboxylic acids is 1. The van der Waals surface area contributed by atoms with Crippen molar-refractivity contribution in [2.45, 2.75) is 175 Å². The van der Waals surface area contributed by atoms with Gasteiger partial charge in [-0.2, -0.15) is 13.5 Å². The van der Waals surface area contributed by atoms with Crippen molar-refractivity contribution in [2.75, 3.05) is 73.7 Å². The van der Waals surface area contributed by atoms with Crippen molar-refractivity contribution in [3.8, 4) is 11.1 Å². The number of ether oxygens (including phenoxy) is 2. The number of likely N-dealkylation sites (tertiary alicyclic amines) is 1. The van der Waals surface area contributed by atoms with Gasteiger partial charge in [-0.25, -0.2) is 24.4 Å². The zero-order valence-corrected chi connectivity index (χ0v) is 64.2. The second kappa shape index (κ2) is 33.4. The van der Waals surface area contributed by atoms with Gasteiger partial charge in [-0.05, 0) is 172 Å². The van der Waals surface area contributed by atoms with Crippen LogP contribution in [0.3, 0.4) is 0 Å². The molecule has 6 heterocycles. The van der Waals surface area contributed by atoms with E-state index in [2.05, 4.69) is 45.0 Å². The topological polar surface area (TPSA) is 377 Å². The Morgan fingerprint density at radius 1 is 0.817 bits per heavy atom. The number of Topliss-reactive ketones (excluding diaryl/α,β-unsaturated/α-hetero) is 1. The number of urea groups is 1.